The fourth-order valence-corrected chi connectivity index (χ4v) is 3.40. The first-order chi connectivity index (χ1) is 8.56. The molecule has 3 rings (SSSR count). The van der Waals surface area contributed by atoms with E-state index in [9.17, 15) is 0 Å². The van der Waals surface area contributed by atoms with Gasteiger partial charge in [-0.1, -0.05) is 15.9 Å². The summed E-state index contributed by atoms with van der Waals surface area (Å²) in [5.41, 5.74) is 0. The normalized spacial score (nSPS) is 12.2. The molecule has 0 spiro atoms. The lowest BCUT2D eigenvalue weighted by atomic mass is 10.2. The van der Waals surface area contributed by atoms with Crippen molar-refractivity contribution in [3.05, 3.63) is 42.2 Å². The highest BCUT2D eigenvalue weighted by Crippen LogP contribution is 2.52. The molecule has 0 radical (unpaired) electrons. The minimum atomic E-state index is 0.663. The summed E-state index contributed by atoms with van der Waals surface area (Å²) in [6.07, 6.45) is 0. The van der Waals surface area contributed by atoms with E-state index >= 15 is 0 Å². The van der Waals surface area contributed by atoms with Gasteiger partial charge < -0.3 is 9.47 Å². The standard InChI is InChI=1S/C12H4Br4O2/c13-5-1-2-7-8(3-5)18-12-9(17-7)4-6(14)10(15)11(12)16/h1-4H. The van der Waals surface area contributed by atoms with E-state index in [0.29, 0.717) is 23.0 Å². The Bertz CT molecular complexity index is 655. The third-order valence-corrected chi connectivity index (χ3v) is 6.18. The van der Waals surface area contributed by atoms with Gasteiger partial charge in [0.1, 0.15) is 0 Å². The molecule has 2 nitrogen and oxygen atoms in total. The molecule has 18 heavy (non-hydrogen) atoms. The molecule has 1 aliphatic heterocycles. The second kappa shape index (κ2) is 4.81. The van der Waals surface area contributed by atoms with E-state index in [2.05, 4.69) is 63.7 Å². The highest BCUT2D eigenvalue weighted by molar-refractivity contribution is 9.14. The minimum absolute atomic E-state index is 0.663. The van der Waals surface area contributed by atoms with Gasteiger partial charge in [0, 0.05) is 19.5 Å². The van der Waals surface area contributed by atoms with E-state index in [4.69, 9.17) is 9.47 Å². The molecule has 0 atom stereocenters. The van der Waals surface area contributed by atoms with E-state index in [1.165, 1.54) is 0 Å². The fraction of sp³-hybridized carbons (Fsp3) is 0. The molecular weight excluding hydrogens is 496 g/mol. The van der Waals surface area contributed by atoms with Crippen LogP contribution in [0.15, 0.2) is 42.2 Å². The Hall–Kier alpha value is -0.0400. The van der Waals surface area contributed by atoms with Crippen molar-refractivity contribution in [2.75, 3.05) is 0 Å². The first-order valence-electron chi connectivity index (χ1n) is 4.89. The van der Waals surface area contributed by atoms with Gasteiger partial charge in [0.25, 0.3) is 0 Å². The minimum Gasteiger partial charge on any atom is -0.449 e. The zero-order valence-electron chi connectivity index (χ0n) is 8.64. The van der Waals surface area contributed by atoms with Crippen LogP contribution in [0.2, 0.25) is 0 Å². The van der Waals surface area contributed by atoms with Crippen LogP contribution in [0.4, 0.5) is 0 Å². The van der Waals surface area contributed by atoms with Crippen molar-refractivity contribution in [2.45, 2.75) is 0 Å². The van der Waals surface area contributed by atoms with Crippen molar-refractivity contribution < 1.29 is 9.47 Å². The molecule has 0 fully saturated rings. The van der Waals surface area contributed by atoms with Crippen LogP contribution in [0.5, 0.6) is 23.0 Å². The van der Waals surface area contributed by atoms with Crippen LogP contribution in [-0.4, -0.2) is 0 Å². The molecule has 0 saturated heterocycles. The number of halogens is 4. The Balaban J connectivity index is 2.17. The van der Waals surface area contributed by atoms with Gasteiger partial charge in [0.2, 0.25) is 0 Å². The lowest BCUT2D eigenvalue weighted by Crippen LogP contribution is -2.00. The third kappa shape index (κ3) is 2.13. The SMILES string of the molecule is Brc1ccc2c(c1)Oc1c(cc(Br)c(Br)c1Br)O2. The molecule has 0 unspecified atom stereocenters. The molecule has 0 aliphatic carbocycles. The molecule has 0 N–H and O–H groups in total. The van der Waals surface area contributed by atoms with Crippen molar-refractivity contribution >= 4 is 63.7 Å². The van der Waals surface area contributed by atoms with E-state index in [0.717, 1.165) is 17.9 Å². The summed E-state index contributed by atoms with van der Waals surface area (Å²) >= 11 is 13.8. The van der Waals surface area contributed by atoms with Crippen molar-refractivity contribution in [3.63, 3.8) is 0 Å². The Morgan fingerprint density at radius 1 is 0.722 bits per heavy atom. The fourth-order valence-electron chi connectivity index (χ4n) is 1.60. The third-order valence-electron chi connectivity index (χ3n) is 2.42. The Kier molecular flexibility index (Phi) is 3.47. The van der Waals surface area contributed by atoms with Gasteiger partial charge in [0.05, 0.1) is 4.47 Å². The van der Waals surface area contributed by atoms with Crippen LogP contribution in [0.25, 0.3) is 0 Å². The van der Waals surface area contributed by atoms with Crippen molar-refractivity contribution in [3.8, 4) is 23.0 Å². The van der Waals surface area contributed by atoms with Crippen LogP contribution in [0, 0.1) is 0 Å². The number of hydrogen-bond donors (Lipinski definition) is 0. The summed E-state index contributed by atoms with van der Waals surface area (Å²) in [5, 5.41) is 0. The van der Waals surface area contributed by atoms with Crippen LogP contribution in [-0.2, 0) is 0 Å². The van der Waals surface area contributed by atoms with Crippen LogP contribution >= 0.6 is 63.7 Å². The molecule has 1 aliphatic rings. The van der Waals surface area contributed by atoms with Gasteiger partial charge in [-0.25, -0.2) is 0 Å². The maximum Gasteiger partial charge on any atom is 0.185 e. The average Bonchev–Trinajstić information content (AvgIpc) is 2.35. The van der Waals surface area contributed by atoms with E-state index in [1.807, 2.05) is 24.3 Å². The molecular formula is C12H4Br4O2. The Morgan fingerprint density at radius 2 is 1.50 bits per heavy atom. The molecule has 2 aromatic rings. The van der Waals surface area contributed by atoms with Crippen LogP contribution < -0.4 is 9.47 Å². The first kappa shape index (κ1) is 13.0. The lowest BCUT2D eigenvalue weighted by molar-refractivity contribution is 0.357. The predicted octanol–water partition coefficient (Wildman–Crippen LogP) is 6.63. The monoisotopic (exact) mass is 496 g/mol. The number of fused-ring (bicyclic) bond motifs is 2. The summed E-state index contributed by atoms with van der Waals surface area (Å²) in [7, 11) is 0. The molecule has 6 heteroatoms. The maximum absolute atomic E-state index is 5.87. The lowest BCUT2D eigenvalue weighted by Gasteiger charge is -2.22. The Morgan fingerprint density at radius 3 is 2.28 bits per heavy atom. The molecule has 1 heterocycles. The van der Waals surface area contributed by atoms with Gasteiger partial charge >= 0.3 is 0 Å². The molecule has 2 aromatic carbocycles. The number of benzene rings is 2. The summed E-state index contributed by atoms with van der Waals surface area (Å²) in [4.78, 5) is 0. The first-order valence-corrected chi connectivity index (χ1v) is 8.06. The van der Waals surface area contributed by atoms with Crippen LogP contribution in [0.1, 0.15) is 0 Å². The molecule has 0 bridgehead atoms. The number of hydrogen-bond acceptors (Lipinski definition) is 2. The molecule has 0 saturated carbocycles. The average molecular weight is 500 g/mol. The summed E-state index contributed by atoms with van der Waals surface area (Å²) < 4.78 is 15.2. The predicted molar refractivity (Wildman–Crippen MR) is 83.8 cm³/mol. The van der Waals surface area contributed by atoms with E-state index in [-0.39, 0.29) is 0 Å². The molecule has 0 aromatic heterocycles. The van der Waals surface area contributed by atoms with E-state index in [1.54, 1.807) is 0 Å². The molecule has 0 amide bonds. The van der Waals surface area contributed by atoms with Crippen molar-refractivity contribution in [1.29, 1.82) is 0 Å². The summed E-state index contributed by atoms with van der Waals surface area (Å²) in [6, 6.07) is 7.53. The van der Waals surface area contributed by atoms with Gasteiger partial charge in [-0.2, -0.15) is 0 Å². The topological polar surface area (TPSA) is 18.5 Å². The highest BCUT2D eigenvalue weighted by atomic mass is 79.9. The van der Waals surface area contributed by atoms with Gasteiger partial charge in [-0.05, 0) is 66.0 Å². The zero-order valence-corrected chi connectivity index (χ0v) is 15.0. The summed E-state index contributed by atoms with van der Waals surface area (Å²) in [6.45, 7) is 0. The molecule has 92 valence electrons. The smallest absolute Gasteiger partial charge is 0.185 e. The second-order valence-corrected chi connectivity index (χ2v) is 6.96. The second-order valence-electron chi connectivity index (χ2n) is 3.61. The van der Waals surface area contributed by atoms with Gasteiger partial charge in [0.15, 0.2) is 23.0 Å². The van der Waals surface area contributed by atoms with Crippen LogP contribution in [0.3, 0.4) is 0 Å². The van der Waals surface area contributed by atoms with Gasteiger partial charge in [-0.15, -0.1) is 0 Å². The van der Waals surface area contributed by atoms with E-state index < -0.39 is 0 Å². The quantitative estimate of drug-likeness (QED) is 0.323. The van der Waals surface area contributed by atoms with Gasteiger partial charge in [-0.3, -0.25) is 0 Å². The van der Waals surface area contributed by atoms with Crippen molar-refractivity contribution in [2.24, 2.45) is 0 Å². The zero-order chi connectivity index (χ0) is 12.9. The maximum atomic E-state index is 5.87. The summed E-state index contributed by atoms with van der Waals surface area (Å²) in [5.74, 6) is 2.72. The largest absolute Gasteiger partial charge is 0.449 e. The van der Waals surface area contributed by atoms with Crippen molar-refractivity contribution in [1.82, 2.24) is 0 Å². The highest BCUT2D eigenvalue weighted by Gasteiger charge is 2.24. The number of rotatable bonds is 0. The number of ether oxygens (including phenoxy) is 2. The Labute approximate surface area is 137 Å².